The number of methoxy groups -OCH3 is 1. The van der Waals surface area contributed by atoms with Gasteiger partial charge in [-0.2, -0.15) is 0 Å². The van der Waals surface area contributed by atoms with Crippen molar-refractivity contribution in [3.63, 3.8) is 0 Å². The molecule has 2 rings (SSSR count). The van der Waals surface area contributed by atoms with Gasteiger partial charge < -0.3 is 9.84 Å². The smallest absolute Gasteiger partial charge is 0.320 e. The Balaban J connectivity index is 2.18. The molecule has 1 aromatic heterocycles. The normalized spacial score (nSPS) is 24.3. The van der Waals surface area contributed by atoms with Crippen LogP contribution in [0.5, 0.6) is 5.88 Å². The first kappa shape index (κ1) is 11.8. The molecule has 0 bridgehead atoms. The molecule has 2 atom stereocenters. The van der Waals surface area contributed by atoms with Crippen LogP contribution in [-0.2, 0) is 4.79 Å². The molecule has 0 aliphatic carbocycles. The van der Waals surface area contributed by atoms with E-state index in [0.29, 0.717) is 18.0 Å². The van der Waals surface area contributed by atoms with Crippen LogP contribution in [0.2, 0.25) is 0 Å². The van der Waals surface area contributed by atoms with E-state index in [1.165, 1.54) is 7.11 Å². The second-order valence-corrected chi connectivity index (χ2v) is 3.99. The van der Waals surface area contributed by atoms with Crippen molar-refractivity contribution in [3.05, 3.63) is 18.1 Å². The molecule has 2 N–H and O–H groups in total. The van der Waals surface area contributed by atoms with Gasteiger partial charge >= 0.3 is 5.97 Å². The highest BCUT2D eigenvalue weighted by atomic mass is 16.5. The van der Waals surface area contributed by atoms with Crippen molar-refractivity contribution in [2.45, 2.75) is 31.3 Å². The second kappa shape index (κ2) is 5.09. The molecule has 1 aromatic rings. The van der Waals surface area contributed by atoms with Crippen molar-refractivity contribution in [2.75, 3.05) is 7.11 Å². The Morgan fingerprint density at radius 2 is 2.24 bits per heavy atom. The maximum atomic E-state index is 11.0. The number of nitrogens with zero attached hydrogens (tertiary/aromatic N) is 2. The summed E-state index contributed by atoms with van der Waals surface area (Å²) in [4.78, 5) is 19.3. The van der Waals surface area contributed by atoms with Crippen molar-refractivity contribution in [2.24, 2.45) is 0 Å². The number of hydrogen-bond acceptors (Lipinski definition) is 5. The van der Waals surface area contributed by atoms with Crippen LogP contribution in [0.1, 0.15) is 31.0 Å². The Hall–Kier alpha value is -1.69. The topological polar surface area (TPSA) is 84.3 Å². The van der Waals surface area contributed by atoms with Crippen molar-refractivity contribution in [1.29, 1.82) is 0 Å². The monoisotopic (exact) mass is 237 g/mol. The number of ether oxygens (including phenoxy) is 1. The fraction of sp³-hybridized carbons (Fsp3) is 0.545. The van der Waals surface area contributed by atoms with Gasteiger partial charge in [-0.3, -0.25) is 15.1 Å². The Kier molecular flexibility index (Phi) is 3.53. The summed E-state index contributed by atoms with van der Waals surface area (Å²) in [5.74, 6) is -0.367. The van der Waals surface area contributed by atoms with Gasteiger partial charge in [-0.05, 0) is 19.3 Å². The van der Waals surface area contributed by atoms with Gasteiger partial charge in [-0.25, -0.2) is 4.98 Å². The second-order valence-electron chi connectivity index (χ2n) is 3.99. The van der Waals surface area contributed by atoms with Gasteiger partial charge in [0, 0.05) is 12.4 Å². The molecule has 1 aliphatic heterocycles. The molecule has 0 saturated carbocycles. The Bertz CT molecular complexity index is 411. The van der Waals surface area contributed by atoms with Crippen molar-refractivity contribution in [3.8, 4) is 5.88 Å². The lowest BCUT2D eigenvalue weighted by Crippen LogP contribution is -2.42. The van der Waals surface area contributed by atoms with Crippen molar-refractivity contribution >= 4 is 5.97 Å². The van der Waals surface area contributed by atoms with Crippen LogP contribution in [0.3, 0.4) is 0 Å². The number of rotatable bonds is 3. The summed E-state index contributed by atoms with van der Waals surface area (Å²) in [6, 6.07) is -0.617. The molecular formula is C11H15N3O3. The molecular weight excluding hydrogens is 222 g/mol. The summed E-state index contributed by atoms with van der Waals surface area (Å²) >= 11 is 0. The van der Waals surface area contributed by atoms with E-state index in [4.69, 9.17) is 9.84 Å². The molecule has 1 saturated heterocycles. The van der Waals surface area contributed by atoms with E-state index in [2.05, 4.69) is 15.3 Å². The van der Waals surface area contributed by atoms with E-state index < -0.39 is 12.0 Å². The lowest BCUT2D eigenvalue weighted by Gasteiger charge is -2.28. The predicted octanol–water partition coefficient (Wildman–Crippen LogP) is 0.753. The molecule has 1 aliphatic rings. The molecule has 0 aromatic carbocycles. The van der Waals surface area contributed by atoms with E-state index in [1.54, 1.807) is 12.4 Å². The molecule has 2 unspecified atom stereocenters. The number of hydrogen-bond donors (Lipinski definition) is 2. The SMILES string of the molecule is COc1nccnc1C1CCCC(C(=O)O)N1. The molecule has 17 heavy (non-hydrogen) atoms. The highest BCUT2D eigenvalue weighted by Crippen LogP contribution is 2.28. The minimum absolute atomic E-state index is 0.103. The molecule has 0 spiro atoms. The molecule has 6 heteroatoms. The lowest BCUT2D eigenvalue weighted by atomic mass is 9.96. The van der Waals surface area contributed by atoms with Crippen molar-refractivity contribution < 1.29 is 14.6 Å². The number of carboxylic acids is 1. The third kappa shape index (κ3) is 2.52. The molecule has 2 heterocycles. The van der Waals surface area contributed by atoms with E-state index in [1.807, 2.05) is 0 Å². The van der Waals surface area contributed by atoms with Crippen LogP contribution in [0.4, 0.5) is 0 Å². The minimum atomic E-state index is -0.822. The molecule has 0 radical (unpaired) electrons. The van der Waals surface area contributed by atoms with E-state index >= 15 is 0 Å². The standard InChI is InChI=1S/C11H15N3O3/c1-17-10-9(12-5-6-13-10)7-3-2-4-8(14-7)11(15)16/h5-8,14H,2-4H2,1H3,(H,15,16). The third-order valence-electron chi connectivity index (χ3n) is 2.90. The van der Waals surface area contributed by atoms with Crippen LogP contribution < -0.4 is 10.1 Å². The number of aromatic nitrogens is 2. The summed E-state index contributed by atoms with van der Waals surface area (Å²) in [5.41, 5.74) is 0.681. The van der Waals surface area contributed by atoms with Gasteiger partial charge in [0.2, 0.25) is 5.88 Å². The maximum Gasteiger partial charge on any atom is 0.320 e. The maximum absolute atomic E-state index is 11.0. The van der Waals surface area contributed by atoms with Gasteiger partial charge in [-0.1, -0.05) is 0 Å². The molecule has 92 valence electrons. The van der Waals surface area contributed by atoms with Crippen LogP contribution in [-0.4, -0.2) is 34.2 Å². The lowest BCUT2D eigenvalue weighted by molar-refractivity contribution is -0.140. The molecule has 6 nitrogen and oxygen atoms in total. The Morgan fingerprint density at radius 3 is 2.94 bits per heavy atom. The van der Waals surface area contributed by atoms with Gasteiger partial charge in [0.1, 0.15) is 11.7 Å². The molecule has 0 amide bonds. The summed E-state index contributed by atoms with van der Waals surface area (Å²) < 4.78 is 5.13. The zero-order chi connectivity index (χ0) is 12.3. The Labute approximate surface area is 99.0 Å². The summed E-state index contributed by atoms with van der Waals surface area (Å²) in [6.45, 7) is 0. The Morgan fingerprint density at radius 1 is 1.47 bits per heavy atom. The third-order valence-corrected chi connectivity index (χ3v) is 2.90. The van der Waals surface area contributed by atoms with Gasteiger partial charge in [0.15, 0.2) is 0 Å². The first-order chi connectivity index (χ1) is 8.22. The van der Waals surface area contributed by atoms with Crippen LogP contribution in [0.25, 0.3) is 0 Å². The van der Waals surface area contributed by atoms with Crippen LogP contribution in [0.15, 0.2) is 12.4 Å². The number of nitrogens with one attached hydrogen (secondary N) is 1. The summed E-state index contributed by atoms with van der Waals surface area (Å²) in [7, 11) is 1.53. The van der Waals surface area contributed by atoms with E-state index in [0.717, 1.165) is 12.8 Å². The highest BCUT2D eigenvalue weighted by Gasteiger charge is 2.29. The van der Waals surface area contributed by atoms with Gasteiger partial charge in [-0.15, -0.1) is 0 Å². The minimum Gasteiger partial charge on any atom is -0.480 e. The first-order valence-electron chi connectivity index (χ1n) is 5.56. The van der Waals surface area contributed by atoms with Crippen LogP contribution in [0, 0.1) is 0 Å². The van der Waals surface area contributed by atoms with Crippen LogP contribution >= 0.6 is 0 Å². The highest BCUT2D eigenvalue weighted by molar-refractivity contribution is 5.73. The average molecular weight is 237 g/mol. The largest absolute Gasteiger partial charge is 0.480 e. The average Bonchev–Trinajstić information content (AvgIpc) is 2.39. The fourth-order valence-corrected chi connectivity index (χ4v) is 2.08. The molecule has 1 fully saturated rings. The van der Waals surface area contributed by atoms with E-state index in [-0.39, 0.29) is 6.04 Å². The van der Waals surface area contributed by atoms with E-state index in [9.17, 15) is 4.79 Å². The van der Waals surface area contributed by atoms with Crippen molar-refractivity contribution in [1.82, 2.24) is 15.3 Å². The fourth-order valence-electron chi connectivity index (χ4n) is 2.08. The number of carbonyl (C=O) groups is 1. The zero-order valence-corrected chi connectivity index (χ0v) is 9.59. The summed E-state index contributed by atoms with van der Waals surface area (Å²) in [6.07, 6.45) is 5.49. The number of carboxylic acid groups (broad SMARTS) is 1. The zero-order valence-electron chi connectivity index (χ0n) is 9.59. The number of aliphatic carboxylic acids is 1. The summed E-state index contributed by atoms with van der Waals surface area (Å²) in [5, 5.41) is 12.1. The van der Waals surface area contributed by atoms with Gasteiger partial charge in [0.05, 0.1) is 13.2 Å². The first-order valence-corrected chi connectivity index (χ1v) is 5.56. The van der Waals surface area contributed by atoms with Gasteiger partial charge in [0.25, 0.3) is 0 Å². The quantitative estimate of drug-likeness (QED) is 0.807. The number of piperidine rings is 1. The predicted molar refractivity (Wildman–Crippen MR) is 59.7 cm³/mol.